The van der Waals surface area contributed by atoms with Crippen LogP contribution in [-0.2, 0) is 16.9 Å². The maximum Gasteiger partial charge on any atom is 0.325 e. The molecule has 1 unspecified atom stereocenters. The number of aromatic nitrogens is 1. The molecule has 5 rings (SSSR count). The molecule has 0 saturated carbocycles. The van der Waals surface area contributed by atoms with Crippen LogP contribution in [0, 0.1) is 0 Å². The molecule has 8 nitrogen and oxygen atoms in total. The Balaban J connectivity index is 1.38. The number of nitrogens with one attached hydrogen (secondary N) is 1. The van der Waals surface area contributed by atoms with E-state index in [0.29, 0.717) is 52.4 Å². The van der Waals surface area contributed by atoms with Gasteiger partial charge in [0.05, 0.1) is 25.5 Å². The van der Waals surface area contributed by atoms with E-state index in [-0.39, 0.29) is 12.5 Å². The summed E-state index contributed by atoms with van der Waals surface area (Å²) in [7, 11) is 0. The van der Waals surface area contributed by atoms with E-state index >= 15 is 0 Å². The number of carbonyl (C=O) groups excluding carboxylic acids is 2. The van der Waals surface area contributed by atoms with Gasteiger partial charge in [-0.2, -0.15) is 0 Å². The van der Waals surface area contributed by atoms with Crippen molar-refractivity contribution in [3.63, 3.8) is 0 Å². The molecular weight excluding hydrogens is 434 g/mol. The van der Waals surface area contributed by atoms with E-state index in [4.69, 9.17) is 25.5 Å². The van der Waals surface area contributed by atoms with Crippen molar-refractivity contribution in [1.82, 2.24) is 15.2 Å². The normalized spacial score (nSPS) is 20.2. The molecule has 1 N–H and O–H groups in total. The first kappa shape index (κ1) is 20.4. The molecule has 2 aliphatic rings. The van der Waals surface area contributed by atoms with Crippen LogP contribution in [-0.4, -0.2) is 35.0 Å². The van der Waals surface area contributed by atoms with Gasteiger partial charge in [0, 0.05) is 17.0 Å². The summed E-state index contributed by atoms with van der Waals surface area (Å²) in [6.45, 7) is 2.75. The maximum atomic E-state index is 13.3. The number of oxazole rings is 1. The number of carbonyl (C=O) groups is 2. The summed E-state index contributed by atoms with van der Waals surface area (Å²) in [6.07, 6.45) is 2.21. The van der Waals surface area contributed by atoms with Gasteiger partial charge >= 0.3 is 6.03 Å². The fraction of sp³-hybridized carbons (Fsp3) is 0.261. The minimum atomic E-state index is -1.23. The van der Waals surface area contributed by atoms with Crippen molar-refractivity contribution >= 4 is 23.5 Å². The number of benzene rings is 2. The Morgan fingerprint density at radius 3 is 2.75 bits per heavy atom. The third kappa shape index (κ3) is 3.56. The van der Waals surface area contributed by atoms with Crippen molar-refractivity contribution in [2.45, 2.75) is 25.4 Å². The van der Waals surface area contributed by atoms with Gasteiger partial charge in [-0.1, -0.05) is 23.7 Å². The van der Waals surface area contributed by atoms with Gasteiger partial charge in [0.2, 0.25) is 5.89 Å². The van der Waals surface area contributed by atoms with Gasteiger partial charge in [-0.3, -0.25) is 9.69 Å². The summed E-state index contributed by atoms with van der Waals surface area (Å²) in [6, 6.07) is 11.9. The second-order valence-electron chi connectivity index (χ2n) is 7.81. The first-order valence-electron chi connectivity index (χ1n) is 10.2. The van der Waals surface area contributed by atoms with E-state index in [1.54, 1.807) is 43.3 Å². The molecule has 0 aliphatic carbocycles. The molecule has 32 heavy (non-hydrogen) atoms. The number of amides is 3. The molecule has 1 atom stereocenters. The summed E-state index contributed by atoms with van der Waals surface area (Å²) in [5.74, 6) is 1.16. The largest absolute Gasteiger partial charge is 0.490 e. The van der Waals surface area contributed by atoms with Gasteiger partial charge in [-0.15, -0.1) is 0 Å². The summed E-state index contributed by atoms with van der Waals surface area (Å²) >= 11 is 6.03. The Kier molecular flexibility index (Phi) is 5.01. The van der Waals surface area contributed by atoms with E-state index in [1.165, 1.54) is 6.26 Å². The molecular formula is C23H20ClN3O5. The average Bonchev–Trinajstić information content (AvgIpc) is 3.23. The highest BCUT2D eigenvalue weighted by Crippen LogP contribution is 2.37. The molecule has 1 fully saturated rings. The monoisotopic (exact) mass is 453 g/mol. The fourth-order valence-corrected chi connectivity index (χ4v) is 4.00. The molecule has 3 amide bonds. The lowest BCUT2D eigenvalue weighted by molar-refractivity contribution is -0.131. The zero-order chi connectivity index (χ0) is 22.3. The third-order valence-corrected chi connectivity index (χ3v) is 5.78. The smallest absolute Gasteiger partial charge is 0.325 e. The summed E-state index contributed by atoms with van der Waals surface area (Å²) in [4.78, 5) is 31.5. The lowest BCUT2D eigenvalue weighted by Gasteiger charge is -2.23. The van der Waals surface area contributed by atoms with Crippen LogP contribution in [0.2, 0.25) is 5.02 Å². The summed E-state index contributed by atoms with van der Waals surface area (Å²) < 4.78 is 16.9. The number of imide groups is 1. The Labute approximate surface area is 189 Å². The highest BCUT2D eigenvalue weighted by Gasteiger charge is 2.49. The molecule has 1 saturated heterocycles. The van der Waals surface area contributed by atoms with Gasteiger partial charge in [0.25, 0.3) is 5.91 Å². The quantitative estimate of drug-likeness (QED) is 0.597. The van der Waals surface area contributed by atoms with Crippen LogP contribution in [0.1, 0.15) is 24.6 Å². The van der Waals surface area contributed by atoms with Crippen molar-refractivity contribution in [3.8, 4) is 23.0 Å². The first-order chi connectivity index (χ1) is 15.4. The van der Waals surface area contributed by atoms with Crippen molar-refractivity contribution in [3.05, 3.63) is 65.0 Å². The van der Waals surface area contributed by atoms with Crippen LogP contribution >= 0.6 is 11.6 Å². The molecule has 0 spiro atoms. The van der Waals surface area contributed by atoms with Crippen molar-refractivity contribution in [2.75, 3.05) is 13.2 Å². The van der Waals surface area contributed by atoms with Crippen LogP contribution in [0.15, 0.2) is 53.1 Å². The Hall–Kier alpha value is -3.52. The second-order valence-corrected chi connectivity index (χ2v) is 8.25. The number of hydrogen-bond acceptors (Lipinski definition) is 6. The van der Waals surface area contributed by atoms with Gasteiger partial charge in [0.1, 0.15) is 11.8 Å². The summed E-state index contributed by atoms with van der Waals surface area (Å²) in [5, 5.41) is 3.36. The van der Waals surface area contributed by atoms with Crippen molar-refractivity contribution < 1.29 is 23.5 Å². The number of urea groups is 1. The lowest BCUT2D eigenvalue weighted by Crippen LogP contribution is -2.40. The van der Waals surface area contributed by atoms with E-state index in [1.807, 2.05) is 6.07 Å². The zero-order valence-corrected chi connectivity index (χ0v) is 18.0. The van der Waals surface area contributed by atoms with Gasteiger partial charge in [-0.25, -0.2) is 9.78 Å². The Morgan fingerprint density at radius 1 is 1.12 bits per heavy atom. The number of hydrogen-bond donors (Lipinski definition) is 1. The van der Waals surface area contributed by atoms with E-state index in [0.717, 1.165) is 11.3 Å². The summed E-state index contributed by atoms with van der Waals surface area (Å²) in [5.41, 5.74) is 0.535. The molecule has 2 aliphatic heterocycles. The van der Waals surface area contributed by atoms with Gasteiger partial charge in [-0.05, 0) is 42.8 Å². The molecule has 164 valence electrons. The molecule has 0 radical (unpaired) electrons. The Bertz CT molecular complexity index is 1210. The molecule has 3 heterocycles. The van der Waals surface area contributed by atoms with Crippen LogP contribution in [0.5, 0.6) is 11.5 Å². The average molecular weight is 454 g/mol. The van der Waals surface area contributed by atoms with Crippen LogP contribution in [0.4, 0.5) is 4.79 Å². The molecule has 3 aromatic rings. The van der Waals surface area contributed by atoms with Crippen molar-refractivity contribution in [1.29, 1.82) is 0 Å². The molecule has 9 heteroatoms. The number of rotatable bonds is 4. The van der Waals surface area contributed by atoms with Gasteiger partial charge < -0.3 is 19.2 Å². The van der Waals surface area contributed by atoms with Crippen LogP contribution in [0.3, 0.4) is 0 Å². The predicted octanol–water partition coefficient (Wildman–Crippen LogP) is 4.12. The fourth-order valence-electron chi connectivity index (χ4n) is 3.81. The van der Waals surface area contributed by atoms with E-state index in [9.17, 15) is 9.59 Å². The zero-order valence-electron chi connectivity index (χ0n) is 17.3. The third-order valence-electron chi connectivity index (χ3n) is 5.54. The molecule has 0 bridgehead atoms. The standard InChI is InChI=1S/C23H20ClN3O5/c1-23(15-6-7-18-19(11-15)31-9-3-8-30-18)21(28)27(22(29)26-23)12-17-13-32-20(25-17)14-4-2-5-16(24)10-14/h2,4-7,10-11,13H,3,8-9,12H2,1H3,(H,26,29). The molecule has 2 aromatic carbocycles. The van der Waals surface area contributed by atoms with Crippen LogP contribution < -0.4 is 14.8 Å². The first-order valence-corrected chi connectivity index (χ1v) is 10.6. The number of halogens is 1. The van der Waals surface area contributed by atoms with E-state index in [2.05, 4.69) is 10.3 Å². The molecule has 1 aromatic heterocycles. The Morgan fingerprint density at radius 2 is 1.94 bits per heavy atom. The topological polar surface area (TPSA) is 93.9 Å². The number of ether oxygens (including phenoxy) is 2. The highest BCUT2D eigenvalue weighted by atomic mass is 35.5. The number of fused-ring (bicyclic) bond motifs is 1. The van der Waals surface area contributed by atoms with Crippen LogP contribution in [0.25, 0.3) is 11.5 Å². The SMILES string of the molecule is CC1(c2ccc3c(c2)OCCCO3)NC(=O)N(Cc2coc(-c3cccc(Cl)c3)n2)C1=O. The minimum absolute atomic E-state index is 0.0190. The number of nitrogens with zero attached hydrogens (tertiary/aromatic N) is 2. The maximum absolute atomic E-state index is 13.3. The van der Waals surface area contributed by atoms with Crippen molar-refractivity contribution in [2.24, 2.45) is 0 Å². The highest BCUT2D eigenvalue weighted by molar-refractivity contribution is 6.30. The second kappa shape index (κ2) is 7.87. The van der Waals surface area contributed by atoms with E-state index < -0.39 is 11.6 Å². The van der Waals surface area contributed by atoms with Gasteiger partial charge in [0.15, 0.2) is 11.5 Å². The minimum Gasteiger partial charge on any atom is -0.490 e. The lowest BCUT2D eigenvalue weighted by atomic mass is 9.91. The predicted molar refractivity (Wildman–Crippen MR) is 115 cm³/mol.